The summed E-state index contributed by atoms with van der Waals surface area (Å²) in [4.78, 5) is 13.0. The fourth-order valence-electron chi connectivity index (χ4n) is 3.77. The van der Waals surface area contributed by atoms with Crippen LogP contribution in [-0.4, -0.2) is 23.4 Å². The predicted molar refractivity (Wildman–Crippen MR) is 88.5 cm³/mol. The minimum absolute atomic E-state index is 0.230. The molecular weight excluding hydrogens is 280 g/mol. The molecule has 2 bridgehead atoms. The van der Waals surface area contributed by atoms with Crippen molar-refractivity contribution in [3.8, 4) is 5.75 Å². The molecule has 2 aliphatic rings. The first-order chi connectivity index (χ1) is 10.1. The molecule has 1 aromatic carbocycles. The van der Waals surface area contributed by atoms with Crippen molar-refractivity contribution in [3.63, 3.8) is 0 Å². The van der Waals surface area contributed by atoms with Crippen LogP contribution in [0.25, 0.3) is 0 Å². The van der Waals surface area contributed by atoms with Crippen LogP contribution in [0.2, 0.25) is 0 Å². The van der Waals surface area contributed by atoms with Crippen LogP contribution < -0.4 is 4.74 Å². The van der Waals surface area contributed by atoms with Gasteiger partial charge in [-0.25, -0.2) is 0 Å². The van der Waals surface area contributed by atoms with E-state index in [4.69, 9.17) is 4.74 Å². The zero-order chi connectivity index (χ0) is 15.0. The van der Waals surface area contributed by atoms with Gasteiger partial charge in [0.1, 0.15) is 5.75 Å². The summed E-state index contributed by atoms with van der Waals surface area (Å²) in [7, 11) is 1.68. The average molecular weight is 304 g/mol. The minimum atomic E-state index is 0.230. The monoisotopic (exact) mass is 304 g/mol. The van der Waals surface area contributed by atoms with Gasteiger partial charge in [-0.05, 0) is 62.8 Å². The maximum atomic E-state index is 13.0. The third kappa shape index (κ3) is 2.98. The SMILES string of the molecule is COc1cc(C)c(C(=O)C2CC3CCCC(C2)S3)cc1C. The molecule has 0 aliphatic carbocycles. The van der Waals surface area contributed by atoms with Crippen LogP contribution in [-0.2, 0) is 0 Å². The molecule has 0 saturated carbocycles. The lowest BCUT2D eigenvalue weighted by molar-refractivity contribution is 0.0896. The maximum Gasteiger partial charge on any atom is 0.166 e. The zero-order valence-corrected chi connectivity index (χ0v) is 14.0. The van der Waals surface area contributed by atoms with Crippen molar-refractivity contribution in [1.82, 2.24) is 0 Å². The quantitative estimate of drug-likeness (QED) is 0.766. The third-order valence-electron chi connectivity index (χ3n) is 4.91. The Morgan fingerprint density at radius 2 is 1.81 bits per heavy atom. The summed E-state index contributed by atoms with van der Waals surface area (Å²) in [5, 5.41) is 1.43. The molecule has 2 fully saturated rings. The summed E-state index contributed by atoms with van der Waals surface area (Å²) >= 11 is 2.13. The molecule has 2 aliphatic heterocycles. The lowest BCUT2D eigenvalue weighted by Crippen LogP contribution is -2.33. The van der Waals surface area contributed by atoms with Crippen molar-refractivity contribution in [2.75, 3.05) is 7.11 Å². The Hall–Kier alpha value is -0.960. The number of benzene rings is 1. The fraction of sp³-hybridized carbons (Fsp3) is 0.611. The second-order valence-electron chi connectivity index (χ2n) is 6.48. The number of ketones is 1. The van der Waals surface area contributed by atoms with Crippen LogP contribution >= 0.6 is 11.8 Å². The van der Waals surface area contributed by atoms with Crippen molar-refractivity contribution in [2.45, 2.75) is 56.5 Å². The second-order valence-corrected chi connectivity index (χ2v) is 8.09. The van der Waals surface area contributed by atoms with Gasteiger partial charge in [-0.2, -0.15) is 11.8 Å². The highest BCUT2D eigenvalue weighted by Crippen LogP contribution is 2.45. The molecule has 2 saturated heterocycles. The zero-order valence-electron chi connectivity index (χ0n) is 13.1. The number of carbonyl (C=O) groups is 1. The van der Waals surface area contributed by atoms with Crippen molar-refractivity contribution in [2.24, 2.45) is 5.92 Å². The number of Topliss-reactive ketones (excluding diaryl/α,β-unsaturated/α-hetero) is 1. The number of methoxy groups -OCH3 is 1. The lowest BCUT2D eigenvalue weighted by atomic mass is 9.83. The molecule has 0 aromatic heterocycles. The van der Waals surface area contributed by atoms with Crippen molar-refractivity contribution in [3.05, 3.63) is 28.8 Å². The number of hydrogen-bond acceptors (Lipinski definition) is 3. The summed E-state index contributed by atoms with van der Waals surface area (Å²) in [5.41, 5.74) is 3.01. The molecule has 3 heteroatoms. The van der Waals surface area contributed by atoms with E-state index in [1.165, 1.54) is 19.3 Å². The number of carbonyl (C=O) groups excluding carboxylic acids is 1. The molecule has 2 heterocycles. The molecule has 2 atom stereocenters. The highest BCUT2D eigenvalue weighted by atomic mass is 32.2. The molecule has 0 amide bonds. The molecule has 0 N–H and O–H groups in total. The molecule has 114 valence electrons. The maximum absolute atomic E-state index is 13.0. The van der Waals surface area contributed by atoms with Crippen LogP contribution in [0.3, 0.4) is 0 Å². The summed E-state index contributed by atoms with van der Waals surface area (Å²) in [6.07, 6.45) is 6.09. The van der Waals surface area contributed by atoms with Crippen molar-refractivity contribution in [1.29, 1.82) is 0 Å². The van der Waals surface area contributed by atoms with Crippen molar-refractivity contribution < 1.29 is 9.53 Å². The van der Waals surface area contributed by atoms with E-state index in [9.17, 15) is 4.79 Å². The summed E-state index contributed by atoms with van der Waals surface area (Å²) in [6.45, 7) is 4.04. The Labute approximate surface area is 131 Å². The van der Waals surface area contributed by atoms with Crippen LogP contribution in [0.4, 0.5) is 0 Å². The Bertz CT molecular complexity index is 540. The summed E-state index contributed by atoms with van der Waals surface area (Å²) in [5.74, 6) is 1.46. The van der Waals surface area contributed by atoms with Gasteiger partial charge in [-0.3, -0.25) is 4.79 Å². The Morgan fingerprint density at radius 1 is 1.14 bits per heavy atom. The third-order valence-corrected chi connectivity index (χ3v) is 6.54. The van der Waals surface area contributed by atoms with Gasteiger partial charge in [0.15, 0.2) is 5.78 Å². The molecule has 21 heavy (non-hydrogen) atoms. The van der Waals surface area contributed by atoms with E-state index in [0.29, 0.717) is 16.3 Å². The van der Waals surface area contributed by atoms with Gasteiger partial charge in [0, 0.05) is 22.0 Å². The van der Waals surface area contributed by atoms with Gasteiger partial charge < -0.3 is 4.74 Å². The van der Waals surface area contributed by atoms with E-state index in [-0.39, 0.29) is 5.92 Å². The molecular formula is C18H24O2S. The summed E-state index contributed by atoms with van der Waals surface area (Å²) < 4.78 is 5.35. The molecule has 0 radical (unpaired) electrons. The van der Waals surface area contributed by atoms with E-state index >= 15 is 0 Å². The molecule has 2 unspecified atom stereocenters. The number of rotatable bonds is 3. The van der Waals surface area contributed by atoms with E-state index in [0.717, 1.165) is 35.3 Å². The van der Waals surface area contributed by atoms with Crippen molar-refractivity contribution >= 4 is 17.5 Å². The number of thioether (sulfide) groups is 1. The van der Waals surface area contributed by atoms with E-state index in [2.05, 4.69) is 11.8 Å². The van der Waals surface area contributed by atoms with Crippen LogP contribution in [0.1, 0.15) is 53.6 Å². The number of hydrogen-bond donors (Lipinski definition) is 0. The predicted octanol–water partition coefficient (Wildman–Crippen LogP) is 4.56. The first kappa shape index (κ1) is 15.0. The standard InChI is InChI=1S/C18H24O2S/c1-11-8-17(20-3)12(2)7-16(11)18(19)13-9-14-5-4-6-15(10-13)21-14/h7-8,13-15H,4-6,9-10H2,1-3H3. The Morgan fingerprint density at radius 3 is 2.43 bits per heavy atom. The van der Waals surface area contributed by atoms with E-state index in [1.54, 1.807) is 7.11 Å². The van der Waals surface area contributed by atoms with Gasteiger partial charge in [-0.15, -0.1) is 0 Å². The topological polar surface area (TPSA) is 26.3 Å². The van der Waals surface area contributed by atoms with Crippen LogP contribution in [0.15, 0.2) is 12.1 Å². The fourth-order valence-corrected chi connectivity index (χ4v) is 5.60. The molecule has 3 rings (SSSR count). The molecule has 0 spiro atoms. The van der Waals surface area contributed by atoms with Gasteiger partial charge in [0.25, 0.3) is 0 Å². The largest absolute Gasteiger partial charge is 0.496 e. The van der Waals surface area contributed by atoms with E-state index < -0.39 is 0 Å². The highest BCUT2D eigenvalue weighted by Gasteiger charge is 2.36. The van der Waals surface area contributed by atoms with Crippen LogP contribution in [0.5, 0.6) is 5.75 Å². The van der Waals surface area contributed by atoms with Gasteiger partial charge in [0.05, 0.1) is 7.11 Å². The lowest BCUT2D eigenvalue weighted by Gasteiger charge is -2.38. The molecule has 1 aromatic rings. The highest BCUT2D eigenvalue weighted by molar-refractivity contribution is 8.00. The van der Waals surface area contributed by atoms with Crippen LogP contribution in [0, 0.1) is 19.8 Å². The second kappa shape index (κ2) is 6.04. The van der Waals surface area contributed by atoms with Gasteiger partial charge >= 0.3 is 0 Å². The Balaban J connectivity index is 1.83. The number of ether oxygens (including phenoxy) is 1. The number of fused-ring (bicyclic) bond motifs is 2. The van der Waals surface area contributed by atoms with E-state index in [1.807, 2.05) is 26.0 Å². The molecule has 2 nitrogen and oxygen atoms in total. The first-order valence-corrected chi connectivity index (χ1v) is 8.87. The summed E-state index contributed by atoms with van der Waals surface area (Å²) in [6, 6.07) is 4.02. The smallest absolute Gasteiger partial charge is 0.166 e. The number of aryl methyl sites for hydroxylation is 2. The normalized spacial score (nSPS) is 28.2. The Kier molecular flexibility index (Phi) is 4.30. The van der Waals surface area contributed by atoms with Gasteiger partial charge in [-0.1, -0.05) is 6.42 Å². The first-order valence-electron chi connectivity index (χ1n) is 7.93. The average Bonchev–Trinajstić information content (AvgIpc) is 2.48. The minimum Gasteiger partial charge on any atom is -0.496 e. The van der Waals surface area contributed by atoms with Gasteiger partial charge in [0.2, 0.25) is 0 Å².